The summed E-state index contributed by atoms with van der Waals surface area (Å²) >= 11 is 0. The van der Waals surface area contributed by atoms with Crippen molar-refractivity contribution in [2.45, 2.75) is 12.8 Å². The van der Waals surface area contributed by atoms with Crippen LogP contribution in [0.4, 0.5) is 8.78 Å². The quantitative estimate of drug-likeness (QED) is 0.660. The van der Waals surface area contributed by atoms with E-state index in [1.807, 2.05) is 18.2 Å². The molecule has 0 saturated heterocycles. The lowest BCUT2D eigenvalue weighted by atomic mass is 10.0. The first-order valence-corrected chi connectivity index (χ1v) is 7.46. The van der Waals surface area contributed by atoms with Crippen molar-refractivity contribution < 1.29 is 23.4 Å². The predicted octanol–water partition coefficient (Wildman–Crippen LogP) is 4.36. The van der Waals surface area contributed by atoms with Crippen molar-refractivity contribution >= 4 is 16.9 Å². The second-order valence-electron chi connectivity index (χ2n) is 5.39. The van der Waals surface area contributed by atoms with E-state index in [1.165, 1.54) is 12.1 Å². The first-order valence-electron chi connectivity index (χ1n) is 7.46. The Morgan fingerprint density at radius 2 is 1.83 bits per heavy atom. The molecule has 0 aliphatic rings. The molecule has 0 saturated carbocycles. The lowest BCUT2D eigenvalue weighted by Gasteiger charge is -2.10. The fourth-order valence-electron chi connectivity index (χ4n) is 2.49. The molecule has 1 heterocycles. The van der Waals surface area contributed by atoms with Crippen LogP contribution >= 0.6 is 0 Å². The summed E-state index contributed by atoms with van der Waals surface area (Å²) in [7, 11) is 0. The molecule has 0 amide bonds. The molecule has 0 spiro atoms. The van der Waals surface area contributed by atoms with Gasteiger partial charge in [-0.3, -0.25) is 4.79 Å². The fourth-order valence-corrected chi connectivity index (χ4v) is 2.49. The molecule has 3 aromatic rings. The number of halogens is 2. The van der Waals surface area contributed by atoms with Crippen LogP contribution in [0.1, 0.15) is 12.8 Å². The zero-order chi connectivity index (χ0) is 17.1. The molecule has 6 heteroatoms. The number of aromatic amines is 1. The van der Waals surface area contributed by atoms with Gasteiger partial charge < -0.3 is 14.8 Å². The highest BCUT2D eigenvalue weighted by molar-refractivity contribution is 5.84. The summed E-state index contributed by atoms with van der Waals surface area (Å²) in [6, 6.07) is 9.80. The van der Waals surface area contributed by atoms with E-state index in [4.69, 9.17) is 9.84 Å². The fraction of sp³-hybridized carbons (Fsp3) is 0.167. The third-order valence-corrected chi connectivity index (χ3v) is 3.67. The van der Waals surface area contributed by atoms with Gasteiger partial charge in [0.15, 0.2) is 17.4 Å². The maximum atomic E-state index is 14.1. The van der Waals surface area contributed by atoms with E-state index in [1.54, 1.807) is 12.3 Å². The van der Waals surface area contributed by atoms with Gasteiger partial charge in [0.25, 0.3) is 0 Å². The number of H-pyrrole nitrogens is 1. The number of aromatic nitrogens is 1. The van der Waals surface area contributed by atoms with Crippen molar-refractivity contribution in [1.29, 1.82) is 0 Å². The minimum absolute atomic E-state index is 0.0616. The van der Waals surface area contributed by atoms with Crippen molar-refractivity contribution in [3.63, 3.8) is 0 Å². The number of fused-ring (bicyclic) bond motifs is 1. The van der Waals surface area contributed by atoms with Crippen LogP contribution in [0.2, 0.25) is 0 Å². The Hall–Kier alpha value is -2.89. The molecular weight excluding hydrogens is 316 g/mol. The van der Waals surface area contributed by atoms with Crippen LogP contribution in [0.5, 0.6) is 5.75 Å². The smallest absolute Gasteiger partial charge is 0.303 e. The highest BCUT2D eigenvalue weighted by Gasteiger charge is 2.14. The van der Waals surface area contributed by atoms with Crippen molar-refractivity contribution in [2.75, 3.05) is 6.61 Å². The number of ether oxygens (including phenoxy) is 1. The minimum Gasteiger partial charge on any atom is -0.488 e. The summed E-state index contributed by atoms with van der Waals surface area (Å²) in [6.45, 7) is -0.0616. The third-order valence-electron chi connectivity index (χ3n) is 3.67. The molecule has 4 nitrogen and oxygen atoms in total. The molecule has 0 unspecified atom stereocenters. The van der Waals surface area contributed by atoms with E-state index in [9.17, 15) is 13.6 Å². The van der Waals surface area contributed by atoms with Gasteiger partial charge in [-0.2, -0.15) is 0 Å². The monoisotopic (exact) mass is 331 g/mol. The maximum absolute atomic E-state index is 14.1. The Morgan fingerprint density at radius 1 is 1.08 bits per heavy atom. The molecule has 0 bridgehead atoms. The van der Waals surface area contributed by atoms with Crippen LogP contribution in [0.15, 0.2) is 42.6 Å². The van der Waals surface area contributed by atoms with Gasteiger partial charge >= 0.3 is 5.97 Å². The molecule has 0 atom stereocenters. The highest BCUT2D eigenvalue weighted by Crippen LogP contribution is 2.30. The Bertz CT molecular complexity index is 866. The van der Waals surface area contributed by atoms with Crippen LogP contribution in [0, 0.1) is 11.6 Å². The number of carboxylic acid groups (broad SMARTS) is 1. The molecule has 2 N–H and O–H groups in total. The van der Waals surface area contributed by atoms with E-state index in [0.29, 0.717) is 11.1 Å². The zero-order valence-electron chi connectivity index (χ0n) is 12.7. The second kappa shape index (κ2) is 6.70. The molecule has 0 fully saturated rings. The lowest BCUT2D eigenvalue weighted by Crippen LogP contribution is -2.04. The number of nitrogens with one attached hydrogen (secondary N) is 1. The summed E-state index contributed by atoms with van der Waals surface area (Å²) in [5.74, 6) is -3.08. The van der Waals surface area contributed by atoms with E-state index < -0.39 is 23.4 Å². The van der Waals surface area contributed by atoms with Crippen LogP contribution in [-0.4, -0.2) is 22.7 Å². The van der Waals surface area contributed by atoms with E-state index >= 15 is 0 Å². The number of carboxylic acids is 1. The van der Waals surface area contributed by atoms with Crippen molar-refractivity contribution in [2.24, 2.45) is 0 Å². The largest absolute Gasteiger partial charge is 0.488 e. The van der Waals surface area contributed by atoms with Crippen LogP contribution in [0.25, 0.3) is 22.0 Å². The highest BCUT2D eigenvalue weighted by atomic mass is 19.1. The number of hydrogen-bond acceptors (Lipinski definition) is 2. The second-order valence-corrected chi connectivity index (χ2v) is 5.39. The molecule has 3 rings (SSSR count). The molecule has 124 valence electrons. The Morgan fingerprint density at radius 3 is 2.54 bits per heavy atom. The molecule has 0 aliphatic heterocycles. The normalized spacial score (nSPS) is 10.9. The summed E-state index contributed by atoms with van der Waals surface area (Å²) in [5.41, 5.74) is 1.96. The van der Waals surface area contributed by atoms with Crippen molar-refractivity contribution in [1.82, 2.24) is 4.98 Å². The topological polar surface area (TPSA) is 62.3 Å². The summed E-state index contributed by atoms with van der Waals surface area (Å²) in [6.07, 6.45) is 1.86. The average molecular weight is 331 g/mol. The van der Waals surface area contributed by atoms with Crippen LogP contribution < -0.4 is 4.74 Å². The molecule has 24 heavy (non-hydrogen) atoms. The number of rotatable bonds is 6. The summed E-state index contributed by atoms with van der Waals surface area (Å²) < 4.78 is 33.3. The number of hydrogen-bond donors (Lipinski definition) is 2. The summed E-state index contributed by atoms with van der Waals surface area (Å²) in [4.78, 5) is 13.5. The predicted molar refractivity (Wildman–Crippen MR) is 86.0 cm³/mol. The average Bonchev–Trinajstić information content (AvgIpc) is 3.00. The maximum Gasteiger partial charge on any atom is 0.303 e. The standard InChI is InChI=1S/C18H15F2NO3/c19-14-8-13(12-4-3-11-5-6-21-16(11)10-12)9-15(20)18(14)24-7-1-2-17(22)23/h3-6,8-10,21H,1-2,7H2,(H,22,23). The van der Waals surface area contributed by atoms with E-state index in [-0.39, 0.29) is 19.4 Å². The van der Waals surface area contributed by atoms with Gasteiger partial charge in [-0.15, -0.1) is 0 Å². The van der Waals surface area contributed by atoms with Crippen LogP contribution in [-0.2, 0) is 4.79 Å². The van der Waals surface area contributed by atoms with Gasteiger partial charge in [-0.25, -0.2) is 8.78 Å². The van der Waals surface area contributed by atoms with Gasteiger partial charge in [-0.05, 0) is 47.2 Å². The third kappa shape index (κ3) is 3.37. The van der Waals surface area contributed by atoms with Crippen LogP contribution in [0.3, 0.4) is 0 Å². The van der Waals surface area contributed by atoms with E-state index in [0.717, 1.165) is 10.9 Å². The number of carbonyl (C=O) groups is 1. The Kier molecular flexibility index (Phi) is 4.46. The van der Waals surface area contributed by atoms with Gasteiger partial charge in [0, 0.05) is 18.1 Å². The van der Waals surface area contributed by atoms with Gasteiger partial charge in [0.1, 0.15) is 0 Å². The molecule has 0 aliphatic carbocycles. The zero-order valence-corrected chi connectivity index (χ0v) is 12.7. The van der Waals surface area contributed by atoms with Crippen molar-refractivity contribution in [3.05, 3.63) is 54.2 Å². The summed E-state index contributed by atoms with van der Waals surface area (Å²) in [5, 5.41) is 9.55. The lowest BCUT2D eigenvalue weighted by molar-refractivity contribution is -0.137. The van der Waals surface area contributed by atoms with Crippen molar-refractivity contribution in [3.8, 4) is 16.9 Å². The van der Waals surface area contributed by atoms with E-state index in [2.05, 4.69) is 4.98 Å². The molecule has 1 aromatic heterocycles. The molecular formula is C18H15F2NO3. The van der Waals surface area contributed by atoms with Gasteiger partial charge in [0.05, 0.1) is 6.61 Å². The number of benzene rings is 2. The first-order chi connectivity index (χ1) is 11.5. The molecule has 2 aromatic carbocycles. The Balaban J connectivity index is 1.82. The molecule has 0 radical (unpaired) electrons. The Labute approximate surface area is 136 Å². The number of aliphatic carboxylic acids is 1. The van der Waals surface area contributed by atoms with Gasteiger partial charge in [0.2, 0.25) is 0 Å². The minimum atomic E-state index is -0.977. The first kappa shape index (κ1) is 16.0. The van der Waals surface area contributed by atoms with Gasteiger partial charge in [-0.1, -0.05) is 12.1 Å². The SMILES string of the molecule is O=C(O)CCCOc1c(F)cc(-c2ccc3cc[nH]c3c2)cc1F.